The van der Waals surface area contributed by atoms with E-state index in [-0.39, 0.29) is 0 Å². The highest BCUT2D eigenvalue weighted by molar-refractivity contribution is 6.00. The van der Waals surface area contributed by atoms with Gasteiger partial charge >= 0.3 is 5.97 Å². The van der Waals surface area contributed by atoms with Crippen molar-refractivity contribution < 1.29 is 34.0 Å². The fourth-order valence-electron chi connectivity index (χ4n) is 5.30. The highest BCUT2D eigenvalue weighted by Crippen LogP contribution is 2.71. The number of hydrogen-bond acceptors (Lipinski definition) is 7. The van der Waals surface area contributed by atoms with Crippen LogP contribution in [-0.2, 0) is 23.8 Å². The number of aliphatic hydroxyl groups excluding tert-OH is 2. The predicted molar refractivity (Wildman–Crippen MR) is 79.9 cm³/mol. The van der Waals surface area contributed by atoms with Crippen LogP contribution >= 0.6 is 0 Å². The van der Waals surface area contributed by atoms with Crippen molar-refractivity contribution in [1.29, 1.82) is 0 Å². The largest absolute Gasteiger partial charge is 0.460 e. The maximum absolute atomic E-state index is 12.4. The topological polar surface area (TPSA) is 106 Å². The molecule has 0 aromatic rings. The molecule has 2 bridgehead atoms. The minimum absolute atomic E-state index is 0.367. The molecule has 7 nitrogen and oxygen atoms in total. The van der Waals surface area contributed by atoms with Gasteiger partial charge in [0.15, 0.2) is 5.78 Å². The first-order chi connectivity index (χ1) is 11.2. The van der Waals surface area contributed by atoms with E-state index in [9.17, 15) is 19.8 Å². The molecule has 0 radical (unpaired) electrons. The second-order valence-electron chi connectivity index (χ2n) is 7.65. The first kappa shape index (κ1) is 16.2. The number of esters is 1. The average Bonchev–Trinajstić information content (AvgIpc) is 3.27. The van der Waals surface area contributed by atoms with Crippen LogP contribution in [0.15, 0.2) is 11.6 Å². The Bertz CT molecular complexity index is 651. The maximum Gasteiger partial charge on any atom is 0.302 e. The number of aliphatic hydroxyl groups is 2. The molecule has 2 aliphatic carbocycles. The SMILES string of the molecule is CC(=O)O[C@@H]1C[C@@]2(C)C3(CO3)C1OC1C=C(C)C(=O)[C@@H](O)[C@@]12CO. The Morgan fingerprint density at radius 2 is 2.17 bits per heavy atom. The fraction of sp³-hybridized carbons (Fsp3) is 0.765. The molecule has 2 saturated heterocycles. The van der Waals surface area contributed by atoms with Gasteiger partial charge in [-0.1, -0.05) is 6.92 Å². The highest BCUT2D eigenvalue weighted by Gasteiger charge is 2.83. The predicted octanol–water partition coefficient (Wildman–Crippen LogP) is -0.267. The number of ketones is 1. The van der Waals surface area contributed by atoms with Crippen LogP contribution in [0.4, 0.5) is 0 Å². The van der Waals surface area contributed by atoms with Crippen LogP contribution < -0.4 is 0 Å². The van der Waals surface area contributed by atoms with E-state index < -0.39 is 59.2 Å². The van der Waals surface area contributed by atoms with Crippen LogP contribution in [0, 0.1) is 10.8 Å². The van der Waals surface area contributed by atoms with Crippen LogP contribution in [0.3, 0.4) is 0 Å². The lowest BCUT2D eigenvalue weighted by Gasteiger charge is -2.58. The number of Topliss-reactive ketones (excluding diaryl/α,β-unsaturated/α-hetero) is 1. The average molecular weight is 338 g/mol. The molecule has 2 heterocycles. The molecule has 2 aliphatic heterocycles. The van der Waals surface area contributed by atoms with Gasteiger partial charge in [-0.15, -0.1) is 0 Å². The molecular formula is C17H22O7. The van der Waals surface area contributed by atoms with E-state index in [4.69, 9.17) is 14.2 Å². The normalized spacial score (nSPS) is 52.0. The van der Waals surface area contributed by atoms with E-state index in [1.54, 1.807) is 13.0 Å². The summed E-state index contributed by atoms with van der Waals surface area (Å²) >= 11 is 0. The smallest absolute Gasteiger partial charge is 0.302 e. The van der Waals surface area contributed by atoms with Crippen molar-refractivity contribution in [1.82, 2.24) is 0 Å². The zero-order valence-corrected chi connectivity index (χ0v) is 13.9. The summed E-state index contributed by atoms with van der Waals surface area (Å²) in [5.41, 5.74) is -2.30. The highest BCUT2D eigenvalue weighted by atomic mass is 16.7. The Balaban J connectivity index is 1.87. The maximum atomic E-state index is 12.4. The Labute approximate surface area is 139 Å². The van der Waals surface area contributed by atoms with Gasteiger partial charge in [0.05, 0.1) is 24.7 Å². The van der Waals surface area contributed by atoms with E-state index in [0.29, 0.717) is 18.6 Å². The van der Waals surface area contributed by atoms with Crippen LogP contribution in [-0.4, -0.2) is 65.2 Å². The van der Waals surface area contributed by atoms with Gasteiger partial charge in [0.25, 0.3) is 0 Å². The van der Waals surface area contributed by atoms with Crippen molar-refractivity contribution in [3.8, 4) is 0 Å². The van der Waals surface area contributed by atoms with E-state index in [0.717, 1.165) is 0 Å². The molecule has 0 amide bonds. The minimum atomic E-state index is -1.39. The first-order valence-corrected chi connectivity index (χ1v) is 8.22. The van der Waals surface area contributed by atoms with Gasteiger partial charge in [0.1, 0.15) is 23.9 Å². The molecule has 3 unspecified atom stereocenters. The van der Waals surface area contributed by atoms with E-state index >= 15 is 0 Å². The number of carbonyl (C=O) groups is 2. The van der Waals surface area contributed by atoms with Crippen molar-refractivity contribution in [2.75, 3.05) is 13.2 Å². The molecule has 0 aromatic heterocycles. The molecule has 7 atom stereocenters. The van der Waals surface area contributed by atoms with Crippen LogP contribution in [0.25, 0.3) is 0 Å². The first-order valence-electron chi connectivity index (χ1n) is 8.22. The molecule has 4 rings (SSSR count). The van der Waals surface area contributed by atoms with Gasteiger partial charge in [-0.05, 0) is 25.0 Å². The van der Waals surface area contributed by atoms with Crippen molar-refractivity contribution in [2.45, 2.75) is 57.2 Å². The summed E-state index contributed by atoms with van der Waals surface area (Å²) in [7, 11) is 0. The third kappa shape index (κ3) is 1.57. The lowest BCUT2D eigenvalue weighted by molar-refractivity contribution is -0.244. The number of fused-ring (bicyclic) bond motifs is 2. The molecule has 2 N–H and O–H groups in total. The van der Waals surface area contributed by atoms with Gasteiger partial charge in [0.2, 0.25) is 0 Å². The van der Waals surface area contributed by atoms with E-state index in [1.165, 1.54) is 6.92 Å². The zero-order chi connectivity index (χ0) is 17.5. The monoisotopic (exact) mass is 338 g/mol. The second-order valence-corrected chi connectivity index (χ2v) is 7.65. The summed E-state index contributed by atoms with van der Waals surface area (Å²) in [6.45, 7) is 4.83. The molecular weight excluding hydrogens is 316 g/mol. The van der Waals surface area contributed by atoms with Crippen molar-refractivity contribution in [2.24, 2.45) is 10.8 Å². The zero-order valence-electron chi connectivity index (χ0n) is 13.9. The molecule has 1 saturated carbocycles. The summed E-state index contributed by atoms with van der Waals surface area (Å²) < 4.78 is 17.4. The van der Waals surface area contributed by atoms with Crippen LogP contribution in [0.1, 0.15) is 27.2 Å². The lowest BCUT2D eigenvalue weighted by atomic mass is 9.50. The lowest BCUT2D eigenvalue weighted by Crippen LogP contribution is -2.70. The number of carbonyl (C=O) groups excluding carboxylic acids is 2. The Kier molecular flexibility index (Phi) is 3.15. The molecule has 3 fully saturated rings. The third-order valence-corrected chi connectivity index (χ3v) is 6.73. The van der Waals surface area contributed by atoms with Gasteiger partial charge in [-0.2, -0.15) is 0 Å². The molecule has 132 valence electrons. The number of epoxide rings is 1. The van der Waals surface area contributed by atoms with Gasteiger partial charge in [0, 0.05) is 12.3 Å². The van der Waals surface area contributed by atoms with E-state index in [2.05, 4.69) is 0 Å². The molecule has 0 aromatic carbocycles. The quantitative estimate of drug-likeness (QED) is 0.527. The second kappa shape index (κ2) is 4.66. The van der Waals surface area contributed by atoms with Crippen molar-refractivity contribution in [3.05, 3.63) is 11.6 Å². The van der Waals surface area contributed by atoms with Crippen molar-refractivity contribution >= 4 is 11.8 Å². The molecule has 7 heteroatoms. The van der Waals surface area contributed by atoms with Gasteiger partial charge in [-0.3, -0.25) is 9.59 Å². The number of hydrogen-bond donors (Lipinski definition) is 2. The third-order valence-electron chi connectivity index (χ3n) is 6.73. The number of rotatable bonds is 2. The summed E-state index contributed by atoms with van der Waals surface area (Å²) in [5.74, 6) is -0.824. The molecule has 4 aliphatic rings. The Morgan fingerprint density at radius 1 is 1.50 bits per heavy atom. The fourth-order valence-corrected chi connectivity index (χ4v) is 5.30. The summed E-state index contributed by atoms with van der Waals surface area (Å²) in [6.07, 6.45) is -0.991. The van der Waals surface area contributed by atoms with Gasteiger partial charge < -0.3 is 24.4 Å². The summed E-state index contributed by atoms with van der Waals surface area (Å²) in [4.78, 5) is 23.9. The van der Waals surface area contributed by atoms with E-state index in [1.807, 2.05) is 6.92 Å². The van der Waals surface area contributed by atoms with Crippen molar-refractivity contribution in [3.63, 3.8) is 0 Å². The van der Waals surface area contributed by atoms with Gasteiger partial charge in [-0.25, -0.2) is 0 Å². The van der Waals surface area contributed by atoms with Crippen LogP contribution in [0.2, 0.25) is 0 Å². The molecule has 1 spiro atoms. The molecule has 24 heavy (non-hydrogen) atoms. The van der Waals surface area contributed by atoms with Crippen LogP contribution in [0.5, 0.6) is 0 Å². The Morgan fingerprint density at radius 3 is 2.71 bits per heavy atom. The number of ether oxygens (including phenoxy) is 3. The standard InChI is InChI=1S/C17H22O7/c1-8-4-11-16(6-18,13(21)12(8)20)15(3)5-10(23-9(2)19)14(24-11)17(15)7-22-17/h4,10-11,13-14,18,21H,5-7H2,1-3H3/t10-,11?,13-,14?,15-,16-,17?/m1/s1. The minimum Gasteiger partial charge on any atom is -0.460 e. The summed E-state index contributed by atoms with van der Waals surface area (Å²) in [6, 6.07) is 0. The summed E-state index contributed by atoms with van der Waals surface area (Å²) in [5, 5.41) is 21.1. The Hall–Kier alpha value is -1.28.